The molecule has 22 heavy (non-hydrogen) atoms. The molecule has 2 rings (SSSR count). The topological polar surface area (TPSA) is 66.9 Å². The Kier molecular flexibility index (Phi) is 7.13. The Balaban J connectivity index is 1.86. The summed E-state index contributed by atoms with van der Waals surface area (Å²) in [6.45, 7) is 3.06. The van der Waals surface area contributed by atoms with Gasteiger partial charge in [0.2, 0.25) is 0 Å². The minimum atomic E-state index is -0.0779. The second-order valence-electron chi connectivity index (χ2n) is 6.08. The van der Waals surface area contributed by atoms with Crippen LogP contribution in [-0.2, 0) is 0 Å². The Labute approximate surface area is 133 Å². The summed E-state index contributed by atoms with van der Waals surface area (Å²) in [6.07, 6.45) is 12.1. The van der Waals surface area contributed by atoms with E-state index in [0.29, 0.717) is 11.7 Å². The number of carbonyl (C=O) groups is 1. The lowest BCUT2D eigenvalue weighted by Crippen LogP contribution is -2.35. The van der Waals surface area contributed by atoms with Crippen LogP contribution in [0.25, 0.3) is 0 Å². The van der Waals surface area contributed by atoms with E-state index in [1.54, 1.807) is 6.07 Å². The predicted molar refractivity (Wildman–Crippen MR) is 89.0 cm³/mol. The molecule has 5 heteroatoms. The van der Waals surface area contributed by atoms with Crippen molar-refractivity contribution in [2.24, 2.45) is 0 Å². The zero-order chi connectivity index (χ0) is 15.6. The van der Waals surface area contributed by atoms with Crippen LogP contribution in [0.3, 0.4) is 0 Å². The third-order valence-electron chi connectivity index (χ3n) is 4.18. The summed E-state index contributed by atoms with van der Waals surface area (Å²) in [7, 11) is 0. The Hall–Kier alpha value is -1.65. The number of hydrogen-bond donors (Lipinski definition) is 2. The lowest BCUT2D eigenvalue weighted by molar-refractivity contribution is 0.0928. The van der Waals surface area contributed by atoms with Crippen LogP contribution in [0.4, 0.5) is 5.82 Å². The van der Waals surface area contributed by atoms with Gasteiger partial charge in [-0.15, -0.1) is 0 Å². The van der Waals surface area contributed by atoms with Gasteiger partial charge in [-0.2, -0.15) is 0 Å². The van der Waals surface area contributed by atoms with Crippen LogP contribution in [0.5, 0.6) is 0 Å². The molecule has 1 saturated carbocycles. The Morgan fingerprint density at radius 3 is 2.68 bits per heavy atom. The van der Waals surface area contributed by atoms with E-state index >= 15 is 0 Å². The van der Waals surface area contributed by atoms with E-state index in [9.17, 15) is 4.79 Å². The Morgan fingerprint density at radius 2 is 1.95 bits per heavy atom. The largest absolute Gasteiger partial charge is 0.370 e. The number of rotatable bonds is 7. The van der Waals surface area contributed by atoms with Crippen molar-refractivity contribution in [2.45, 2.75) is 70.8 Å². The molecule has 1 amide bonds. The third-order valence-corrected chi connectivity index (χ3v) is 4.18. The summed E-state index contributed by atoms with van der Waals surface area (Å²) >= 11 is 0. The van der Waals surface area contributed by atoms with Crippen molar-refractivity contribution in [1.29, 1.82) is 0 Å². The molecule has 2 N–H and O–H groups in total. The number of anilines is 1. The van der Waals surface area contributed by atoms with Gasteiger partial charge < -0.3 is 10.6 Å². The molecule has 1 aliphatic carbocycles. The van der Waals surface area contributed by atoms with Gasteiger partial charge in [-0.05, 0) is 19.3 Å². The van der Waals surface area contributed by atoms with Crippen molar-refractivity contribution in [3.63, 3.8) is 0 Å². The zero-order valence-electron chi connectivity index (χ0n) is 13.6. The average molecular weight is 304 g/mol. The fourth-order valence-electron chi connectivity index (χ4n) is 2.85. The molecule has 0 aliphatic heterocycles. The molecule has 0 unspecified atom stereocenters. The minimum Gasteiger partial charge on any atom is -0.370 e. The summed E-state index contributed by atoms with van der Waals surface area (Å²) in [5.74, 6) is 0.656. The van der Waals surface area contributed by atoms with Crippen molar-refractivity contribution >= 4 is 11.7 Å². The second-order valence-corrected chi connectivity index (χ2v) is 6.08. The molecule has 0 spiro atoms. The molecule has 0 saturated heterocycles. The molecule has 1 aromatic rings. The predicted octanol–water partition coefficient (Wildman–Crippen LogP) is 3.53. The van der Waals surface area contributed by atoms with E-state index in [2.05, 4.69) is 27.5 Å². The molecular formula is C17H28N4O. The van der Waals surface area contributed by atoms with E-state index in [4.69, 9.17) is 0 Å². The molecule has 0 radical (unpaired) electrons. The normalized spacial score (nSPS) is 16.0. The maximum absolute atomic E-state index is 12.3. The van der Waals surface area contributed by atoms with Crippen LogP contribution >= 0.6 is 0 Å². The molecule has 0 aromatic carbocycles. The number of nitrogens with zero attached hydrogens (tertiary/aromatic N) is 2. The number of unbranched alkanes of at least 4 members (excludes halogenated alkanes) is 2. The number of aromatic nitrogens is 2. The monoisotopic (exact) mass is 304 g/mol. The molecule has 1 fully saturated rings. The van der Waals surface area contributed by atoms with Crippen LogP contribution in [-0.4, -0.2) is 28.5 Å². The highest BCUT2D eigenvalue weighted by Gasteiger charge is 2.16. The van der Waals surface area contributed by atoms with E-state index in [0.717, 1.165) is 31.6 Å². The van der Waals surface area contributed by atoms with Crippen LogP contribution in [0.2, 0.25) is 0 Å². The summed E-state index contributed by atoms with van der Waals surface area (Å²) in [4.78, 5) is 20.6. The number of hydrogen-bond acceptors (Lipinski definition) is 4. The first-order chi connectivity index (χ1) is 10.8. The smallest absolute Gasteiger partial charge is 0.270 e. The van der Waals surface area contributed by atoms with Crippen LogP contribution < -0.4 is 10.6 Å². The highest BCUT2D eigenvalue weighted by atomic mass is 16.1. The SMILES string of the molecule is CCCCCNc1cc(C(=O)NC2CCCCCC2)ncn1. The number of carbonyl (C=O) groups excluding carboxylic acids is 1. The maximum Gasteiger partial charge on any atom is 0.270 e. The lowest BCUT2D eigenvalue weighted by atomic mass is 10.1. The quantitative estimate of drug-likeness (QED) is 0.597. The van der Waals surface area contributed by atoms with Gasteiger partial charge in [-0.25, -0.2) is 9.97 Å². The van der Waals surface area contributed by atoms with Gasteiger partial charge in [-0.3, -0.25) is 4.79 Å². The van der Waals surface area contributed by atoms with Gasteiger partial charge in [-0.1, -0.05) is 45.4 Å². The molecule has 122 valence electrons. The molecule has 1 heterocycles. The first-order valence-electron chi connectivity index (χ1n) is 8.66. The minimum absolute atomic E-state index is 0.0779. The van der Waals surface area contributed by atoms with Gasteiger partial charge in [0, 0.05) is 18.7 Å². The van der Waals surface area contributed by atoms with Gasteiger partial charge in [0.15, 0.2) is 0 Å². The molecule has 5 nitrogen and oxygen atoms in total. The maximum atomic E-state index is 12.3. The Bertz CT molecular complexity index is 456. The lowest BCUT2D eigenvalue weighted by Gasteiger charge is -2.16. The first-order valence-corrected chi connectivity index (χ1v) is 8.66. The number of amides is 1. The van der Waals surface area contributed by atoms with Crippen LogP contribution in [0, 0.1) is 0 Å². The van der Waals surface area contributed by atoms with E-state index < -0.39 is 0 Å². The summed E-state index contributed by atoms with van der Waals surface area (Å²) in [5, 5.41) is 6.38. The molecule has 1 aliphatic rings. The van der Waals surface area contributed by atoms with Crippen molar-refractivity contribution in [3.8, 4) is 0 Å². The van der Waals surface area contributed by atoms with Crippen LogP contribution in [0.15, 0.2) is 12.4 Å². The van der Waals surface area contributed by atoms with Crippen molar-refractivity contribution in [1.82, 2.24) is 15.3 Å². The molecular weight excluding hydrogens is 276 g/mol. The molecule has 1 aromatic heterocycles. The van der Waals surface area contributed by atoms with E-state index in [-0.39, 0.29) is 5.91 Å². The Morgan fingerprint density at radius 1 is 1.18 bits per heavy atom. The summed E-state index contributed by atoms with van der Waals surface area (Å²) in [6, 6.07) is 2.05. The molecule has 0 atom stereocenters. The van der Waals surface area contributed by atoms with E-state index in [1.165, 1.54) is 44.9 Å². The standard InChI is InChI=1S/C17H28N4O/c1-2-3-8-11-18-16-12-15(19-13-20-16)17(22)21-14-9-6-4-5-7-10-14/h12-14H,2-11H2,1H3,(H,21,22)(H,18,19,20). The summed E-state index contributed by atoms with van der Waals surface area (Å²) < 4.78 is 0. The van der Waals surface area contributed by atoms with Crippen molar-refractivity contribution < 1.29 is 4.79 Å². The average Bonchev–Trinajstić information content (AvgIpc) is 2.80. The first kappa shape index (κ1) is 16.7. The fraction of sp³-hybridized carbons (Fsp3) is 0.706. The number of nitrogens with one attached hydrogen (secondary N) is 2. The zero-order valence-corrected chi connectivity index (χ0v) is 13.6. The summed E-state index contributed by atoms with van der Waals surface area (Å²) in [5.41, 5.74) is 0.456. The fourth-order valence-corrected chi connectivity index (χ4v) is 2.85. The van der Waals surface area contributed by atoms with Gasteiger partial charge in [0.05, 0.1) is 0 Å². The second kappa shape index (κ2) is 9.38. The highest BCUT2D eigenvalue weighted by molar-refractivity contribution is 5.93. The van der Waals surface area contributed by atoms with Crippen molar-refractivity contribution in [3.05, 3.63) is 18.1 Å². The van der Waals surface area contributed by atoms with E-state index in [1.807, 2.05) is 0 Å². The molecule has 0 bridgehead atoms. The third kappa shape index (κ3) is 5.62. The van der Waals surface area contributed by atoms with Gasteiger partial charge in [0.25, 0.3) is 5.91 Å². The van der Waals surface area contributed by atoms with Crippen molar-refractivity contribution in [2.75, 3.05) is 11.9 Å². The van der Waals surface area contributed by atoms with Gasteiger partial charge >= 0.3 is 0 Å². The highest BCUT2D eigenvalue weighted by Crippen LogP contribution is 2.17. The van der Waals surface area contributed by atoms with Gasteiger partial charge in [0.1, 0.15) is 17.8 Å². The van der Waals surface area contributed by atoms with Crippen LogP contribution in [0.1, 0.15) is 75.2 Å².